The van der Waals surface area contributed by atoms with Gasteiger partial charge in [0.05, 0.1) is 12.5 Å². The zero-order valence-electron chi connectivity index (χ0n) is 11.7. The molecule has 0 spiro atoms. The molecule has 1 saturated heterocycles. The predicted octanol–water partition coefficient (Wildman–Crippen LogP) is 1.42. The molecule has 5 heteroatoms. The van der Waals surface area contributed by atoms with Crippen LogP contribution >= 0.6 is 0 Å². The maximum atomic E-state index is 11.8. The Labute approximate surface area is 118 Å². The van der Waals surface area contributed by atoms with Crippen molar-refractivity contribution in [1.29, 1.82) is 0 Å². The van der Waals surface area contributed by atoms with Gasteiger partial charge in [-0.25, -0.2) is 0 Å². The summed E-state index contributed by atoms with van der Waals surface area (Å²) < 4.78 is 5.11. The van der Waals surface area contributed by atoms with E-state index in [0.717, 1.165) is 24.1 Å². The first kappa shape index (κ1) is 14.5. The summed E-state index contributed by atoms with van der Waals surface area (Å²) in [5.74, 6) is -0.597. The fourth-order valence-electron chi connectivity index (χ4n) is 2.44. The number of nitrogens with two attached hydrogens (primary N) is 1. The van der Waals surface area contributed by atoms with Crippen molar-refractivity contribution in [2.75, 3.05) is 24.7 Å². The molecule has 0 aromatic heterocycles. The molecule has 108 valence electrons. The first-order valence-electron chi connectivity index (χ1n) is 6.91. The monoisotopic (exact) mass is 276 g/mol. The van der Waals surface area contributed by atoms with Crippen LogP contribution in [0.25, 0.3) is 0 Å². The van der Waals surface area contributed by atoms with E-state index in [4.69, 9.17) is 10.5 Å². The first-order chi connectivity index (χ1) is 9.63. The Balaban J connectivity index is 2.16. The van der Waals surface area contributed by atoms with Gasteiger partial charge in [-0.1, -0.05) is 25.5 Å². The molecule has 0 radical (unpaired) electrons. The van der Waals surface area contributed by atoms with Gasteiger partial charge in [0.15, 0.2) is 0 Å². The molecule has 2 N–H and O–H groups in total. The van der Waals surface area contributed by atoms with Crippen LogP contribution in [-0.4, -0.2) is 31.6 Å². The number of anilines is 1. The van der Waals surface area contributed by atoms with Crippen LogP contribution in [0.1, 0.15) is 31.2 Å². The molecule has 1 aromatic rings. The van der Waals surface area contributed by atoms with Crippen LogP contribution < -0.4 is 10.6 Å². The van der Waals surface area contributed by atoms with Gasteiger partial charge in [-0.05, 0) is 24.1 Å². The highest BCUT2D eigenvalue weighted by Gasteiger charge is 2.21. The van der Waals surface area contributed by atoms with E-state index in [1.165, 1.54) is 0 Å². The number of morpholine rings is 1. The molecule has 2 rings (SSSR count). The fourth-order valence-corrected chi connectivity index (χ4v) is 2.44. The molecular weight excluding hydrogens is 256 g/mol. The van der Waals surface area contributed by atoms with Gasteiger partial charge in [0, 0.05) is 12.2 Å². The quantitative estimate of drug-likeness (QED) is 0.884. The summed E-state index contributed by atoms with van der Waals surface area (Å²) in [6.45, 7) is 3.26. The molecule has 1 aliphatic rings. The van der Waals surface area contributed by atoms with Crippen LogP contribution in [-0.2, 0) is 14.3 Å². The third-order valence-electron chi connectivity index (χ3n) is 3.51. The normalized spacial score (nSPS) is 17.1. The van der Waals surface area contributed by atoms with E-state index in [0.29, 0.717) is 13.2 Å². The van der Waals surface area contributed by atoms with E-state index in [1.54, 1.807) is 4.90 Å². The number of nitrogens with zero attached hydrogens (tertiary/aromatic N) is 1. The van der Waals surface area contributed by atoms with Gasteiger partial charge in [0.1, 0.15) is 6.61 Å². The number of carbonyl (C=O) groups is 2. The van der Waals surface area contributed by atoms with E-state index in [9.17, 15) is 9.59 Å². The molecule has 5 nitrogen and oxygen atoms in total. The molecule has 1 atom stereocenters. The molecule has 20 heavy (non-hydrogen) atoms. The second-order valence-electron chi connectivity index (χ2n) is 4.93. The minimum atomic E-state index is -0.304. The van der Waals surface area contributed by atoms with E-state index >= 15 is 0 Å². The van der Waals surface area contributed by atoms with Crippen molar-refractivity contribution in [2.24, 2.45) is 5.73 Å². The standard InChI is InChI=1S/C15H20N2O3/c1-2-3-13(15(16)19)11-4-6-12(7-5-11)17-8-9-20-10-14(17)18/h4-7,13H,2-3,8-10H2,1H3,(H2,16,19). The number of primary amides is 1. The van der Waals surface area contributed by atoms with Crippen molar-refractivity contribution >= 4 is 17.5 Å². The van der Waals surface area contributed by atoms with Gasteiger partial charge in [0.2, 0.25) is 5.91 Å². The summed E-state index contributed by atoms with van der Waals surface area (Å²) in [4.78, 5) is 24.9. The lowest BCUT2D eigenvalue weighted by Gasteiger charge is -2.27. The van der Waals surface area contributed by atoms with E-state index in [2.05, 4.69) is 0 Å². The number of amides is 2. The van der Waals surface area contributed by atoms with E-state index in [1.807, 2.05) is 31.2 Å². The van der Waals surface area contributed by atoms with Crippen LogP contribution in [0.2, 0.25) is 0 Å². The van der Waals surface area contributed by atoms with Gasteiger partial charge in [-0.2, -0.15) is 0 Å². The molecule has 1 fully saturated rings. The molecule has 0 bridgehead atoms. The lowest BCUT2D eigenvalue weighted by Crippen LogP contribution is -2.41. The van der Waals surface area contributed by atoms with Crippen molar-refractivity contribution in [3.63, 3.8) is 0 Å². The molecular formula is C15H20N2O3. The molecule has 1 heterocycles. The Morgan fingerprint density at radius 2 is 2.10 bits per heavy atom. The molecule has 1 aliphatic heterocycles. The van der Waals surface area contributed by atoms with Crippen LogP contribution in [0.15, 0.2) is 24.3 Å². The molecule has 1 unspecified atom stereocenters. The zero-order chi connectivity index (χ0) is 14.5. The highest BCUT2D eigenvalue weighted by molar-refractivity contribution is 5.94. The van der Waals surface area contributed by atoms with Gasteiger partial charge < -0.3 is 15.4 Å². The zero-order valence-corrected chi connectivity index (χ0v) is 11.7. The number of carbonyl (C=O) groups excluding carboxylic acids is 2. The highest BCUT2D eigenvalue weighted by atomic mass is 16.5. The van der Waals surface area contributed by atoms with Crippen LogP contribution in [0.5, 0.6) is 0 Å². The van der Waals surface area contributed by atoms with E-state index in [-0.39, 0.29) is 24.3 Å². The van der Waals surface area contributed by atoms with Crippen molar-refractivity contribution in [3.05, 3.63) is 29.8 Å². The average molecular weight is 276 g/mol. The smallest absolute Gasteiger partial charge is 0.253 e. The summed E-state index contributed by atoms with van der Waals surface area (Å²) in [6, 6.07) is 7.49. The minimum absolute atomic E-state index is 0.0380. The minimum Gasteiger partial charge on any atom is -0.370 e. The Hall–Kier alpha value is -1.88. The average Bonchev–Trinajstić information content (AvgIpc) is 2.45. The van der Waals surface area contributed by atoms with Crippen molar-refractivity contribution in [1.82, 2.24) is 0 Å². The van der Waals surface area contributed by atoms with Gasteiger partial charge in [-0.3, -0.25) is 9.59 Å². The molecule has 2 amide bonds. The number of rotatable bonds is 5. The van der Waals surface area contributed by atoms with Gasteiger partial charge in [0.25, 0.3) is 5.91 Å². The van der Waals surface area contributed by atoms with Crippen molar-refractivity contribution in [3.8, 4) is 0 Å². The summed E-state index contributed by atoms with van der Waals surface area (Å²) in [5, 5.41) is 0. The third kappa shape index (κ3) is 3.17. The molecule has 0 aliphatic carbocycles. The number of hydrogen-bond donors (Lipinski definition) is 1. The lowest BCUT2D eigenvalue weighted by atomic mass is 9.93. The number of ether oxygens (including phenoxy) is 1. The lowest BCUT2D eigenvalue weighted by molar-refractivity contribution is -0.125. The van der Waals surface area contributed by atoms with Crippen LogP contribution in [0.4, 0.5) is 5.69 Å². The summed E-state index contributed by atoms with van der Waals surface area (Å²) >= 11 is 0. The summed E-state index contributed by atoms with van der Waals surface area (Å²) in [6.07, 6.45) is 1.64. The Morgan fingerprint density at radius 3 is 2.65 bits per heavy atom. The summed E-state index contributed by atoms with van der Waals surface area (Å²) in [7, 11) is 0. The Bertz CT molecular complexity index is 461. The molecule has 0 saturated carbocycles. The van der Waals surface area contributed by atoms with E-state index < -0.39 is 0 Å². The predicted molar refractivity (Wildman–Crippen MR) is 76.5 cm³/mol. The second-order valence-corrected chi connectivity index (χ2v) is 4.93. The van der Waals surface area contributed by atoms with Gasteiger partial charge in [-0.15, -0.1) is 0 Å². The van der Waals surface area contributed by atoms with Gasteiger partial charge >= 0.3 is 0 Å². The largest absolute Gasteiger partial charge is 0.370 e. The second kappa shape index (κ2) is 6.52. The third-order valence-corrected chi connectivity index (χ3v) is 3.51. The van der Waals surface area contributed by atoms with Crippen molar-refractivity contribution < 1.29 is 14.3 Å². The molecule has 1 aromatic carbocycles. The topological polar surface area (TPSA) is 72.6 Å². The van der Waals surface area contributed by atoms with Crippen LogP contribution in [0, 0.1) is 0 Å². The SMILES string of the molecule is CCCC(C(N)=O)c1ccc(N2CCOCC2=O)cc1. The number of hydrogen-bond acceptors (Lipinski definition) is 3. The fraction of sp³-hybridized carbons (Fsp3) is 0.467. The Morgan fingerprint density at radius 1 is 1.40 bits per heavy atom. The van der Waals surface area contributed by atoms with Crippen molar-refractivity contribution in [2.45, 2.75) is 25.7 Å². The first-order valence-corrected chi connectivity index (χ1v) is 6.91. The maximum Gasteiger partial charge on any atom is 0.253 e. The summed E-state index contributed by atoms with van der Waals surface area (Å²) in [5.41, 5.74) is 7.18. The Kier molecular flexibility index (Phi) is 4.74. The number of benzene rings is 1. The highest BCUT2D eigenvalue weighted by Crippen LogP contribution is 2.24. The van der Waals surface area contributed by atoms with Crippen LogP contribution in [0.3, 0.4) is 0 Å². The maximum absolute atomic E-state index is 11.8.